The summed E-state index contributed by atoms with van der Waals surface area (Å²) < 4.78 is 11.3. The van der Waals surface area contributed by atoms with Gasteiger partial charge in [0.05, 0.1) is 12.0 Å². The normalized spacial score (nSPS) is 35.7. The van der Waals surface area contributed by atoms with Gasteiger partial charge in [-0.1, -0.05) is 24.4 Å². The number of aromatic nitrogens is 2. The highest BCUT2D eigenvalue weighted by Crippen LogP contribution is 2.35. The second kappa shape index (κ2) is 5.82. The minimum Gasteiger partial charge on any atom is -0.392 e. The fraction of sp³-hybridized carbons (Fsp3) is 0.867. The van der Waals surface area contributed by atoms with E-state index in [4.69, 9.17) is 9.26 Å². The molecule has 1 aromatic heterocycles. The van der Waals surface area contributed by atoms with Gasteiger partial charge in [-0.2, -0.15) is 4.98 Å². The summed E-state index contributed by atoms with van der Waals surface area (Å²) in [5.41, 5.74) is -0.421. The molecule has 1 aliphatic carbocycles. The predicted molar refractivity (Wildman–Crippen MR) is 73.3 cm³/mol. The highest BCUT2D eigenvalue weighted by molar-refractivity contribution is 5.05. The summed E-state index contributed by atoms with van der Waals surface area (Å²) >= 11 is 0. The molecule has 20 heavy (non-hydrogen) atoms. The minimum atomic E-state index is -0.421. The van der Waals surface area contributed by atoms with Crippen LogP contribution in [0.2, 0.25) is 0 Å². The molecule has 0 amide bonds. The largest absolute Gasteiger partial charge is 0.392 e. The first-order valence-electron chi connectivity index (χ1n) is 7.85. The van der Waals surface area contributed by atoms with Gasteiger partial charge < -0.3 is 14.4 Å². The molecule has 2 aliphatic rings. The maximum absolute atomic E-state index is 10.2. The van der Waals surface area contributed by atoms with Crippen LogP contribution in [0.3, 0.4) is 0 Å². The molecule has 0 bridgehead atoms. The van der Waals surface area contributed by atoms with Gasteiger partial charge in [-0.05, 0) is 39.0 Å². The number of aliphatic hydroxyl groups is 1. The van der Waals surface area contributed by atoms with E-state index < -0.39 is 5.60 Å². The number of aliphatic hydroxyl groups excluding tert-OH is 1. The van der Waals surface area contributed by atoms with Crippen molar-refractivity contribution in [3.8, 4) is 0 Å². The Kier molecular flexibility index (Phi) is 4.08. The molecule has 1 aliphatic heterocycles. The van der Waals surface area contributed by atoms with Gasteiger partial charge in [-0.15, -0.1) is 0 Å². The Labute approximate surface area is 119 Å². The van der Waals surface area contributed by atoms with Gasteiger partial charge in [0.2, 0.25) is 11.7 Å². The van der Waals surface area contributed by atoms with Gasteiger partial charge in [0.15, 0.2) is 0 Å². The average molecular weight is 280 g/mol. The molecular weight excluding hydrogens is 256 g/mol. The summed E-state index contributed by atoms with van der Waals surface area (Å²) in [4.78, 5) is 4.56. The van der Waals surface area contributed by atoms with E-state index in [9.17, 15) is 5.11 Å². The zero-order valence-electron chi connectivity index (χ0n) is 12.2. The number of nitrogens with zero attached hydrogens (tertiary/aromatic N) is 2. The molecule has 112 valence electrons. The zero-order valence-corrected chi connectivity index (χ0v) is 12.2. The van der Waals surface area contributed by atoms with E-state index in [-0.39, 0.29) is 12.0 Å². The summed E-state index contributed by atoms with van der Waals surface area (Å²) in [6, 6.07) is 0. The molecule has 1 saturated heterocycles. The van der Waals surface area contributed by atoms with Crippen LogP contribution < -0.4 is 0 Å². The second-order valence-electron chi connectivity index (χ2n) is 6.30. The molecule has 5 heteroatoms. The van der Waals surface area contributed by atoms with Crippen LogP contribution in [0.1, 0.15) is 75.9 Å². The lowest BCUT2D eigenvalue weighted by atomic mass is 9.94. The molecule has 0 spiro atoms. The Morgan fingerprint density at radius 2 is 2.00 bits per heavy atom. The molecule has 3 atom stereocenters. The van der Waals surface area contributed by atoms with Crippen LogP contribution in [-0.2, 0) is 10.3 Å². The van der Waals surface area contributed by atoms with Crippen LogP contribution in [0, 0.1) is 0 Å². The number of hydrogen-bond donors (Lipinski definition) is 1. The van der Waals surface area contributed by atoms with Crippen LogP contribution >= 0.6 is 0 Å². The molecule has 3 rings (SSSR count). The van der Waals surface area contributed by atoms with Crippen molar-refractivity contribution in [2.24, 2.45) is 0 Å². The minimum absolute atomic E-state index is 0.00839. The van der Waals surface area contributed by atoms with Crippen molar-refractivity contribution in [1.82, 2.24) is 10.1 Å². The van der Waals surface area contributed by atoms with Crippen molar-refractivity contribution in [2.45, 2.75) is 75.9 Å². The van der Waals surface area contributed by atoms with E-state index in [0.29, 0.717) is 11.7 Å². The van der Waals surface area contributed by atoms with Gasteiger partial charge in [-0.3, -0.25) is 0 Å². The smallest absolute Gasteiger partial charge is 0.232 e. The van der Waals surface area contributed by atoms with E-state index in [1.54, 1.807) is 0 Å². The van der Waals surface area contributed by atoms with Gasteiger partial charge in [0.1, 0.15) is 5.60 Å². The van der Waals surface area contributed by atoms with Crippen LogP contribution in [0.4, 0.5) is 0 Å². The van der Waals surface area contributed by atoms with Gasteiger partial charge in [-0.25, -0.2) is 0 Å². The summed E-state index contributed by atoms with van der Waals surface area (Å²) in [6.45, 7) is 2.79. The third-order valence-corrected chi connectivity index (χ3v) is 4.68. The number of ether oxygens (including phenoxy) is 1. The maximum atomic E-state index is 10.2. The first-order chi connectivity index (χ1) is 9.69. The summed E-state index contributed by atoms with van der Waals surface area (Å²) in [5, 5.41) is 14.4. The van der Waals surface area contributed by atoms with Crippen molar-refractivity contribution < 1.29 is 14.4 Å². The molecule has 2 fully saturated rings. The van der Waals surface area contributed by atoms with Gasteiger partial charge in [0.25, 0.3) is 0 Å². The van der Waals surface area contributed by atoms with E-state index in [1.807, 2.05) is 6.92 Å². The molecule has 2 heterocycles. The molecule has 1 saturated carbocycles. The van der Waals surface area contributed by atoms with Crippen LogP contribution in [-0.4, -0.2) is 28.0 Å². The number of rotatable bonds is 2. The summed E-state index contributed by atoms with van der Waals surface area (Å²) in [7, 11) is 0. The lowest BCUT2D eigenvalue weighted by molar-refractivity contribution is -0.0770. The molecule has 3 unspecified atom stereocenters. The highest BCUT2D eigenvalue weighted by atomic mass is 16.5. The van der Waals surface area contributed by atoms with Crippen molar-refractivity contribution in [2.75, 3.05) is 6.61 Å². The first kappa shape index (κ1) is 14.0. The van der Waals surface area contributed by atoms with Crippen molar-refractivity contribution in [3.05, 3.63) is 11.7 Å². The lowest BCUT2D eigenvalue weighted by Crippen LogP contribution is -2.31. The fourth-order valence-corrected chi connectivity index (χ4v) is 3.29. The topological polar surface area (TPSA) is 68.4 Å². The quantitative estimate of drug-likeness (QED) is 0.844. The Bertz CT molecular complexity index is 440. The maximum Gasteiger partial charge on any atom is 0.232 e. The predicted octanol–water partition coefficient (Wildman–Crippen LogP) is 2.89. The molecule has 5 nitrogen and oxygen atoms in total. The Balaban J connectivity index is 1.78. The molecule has 1 aromatic rings. The third kappa shape index (κ3) is 2.74. The van der Waals surface area contributed by atoms with E-state index >= 15 is 0 Å². The third-order valence-electron chi connectivity index (χ3n) is 4.68. The summed E-state index contributed by atoms with van der Waals surface area (Å²) in [5.74, 6) is 1.22. The zero-order chi connectivity index (χ0) is 14.0. The fourth-order valence-electron chi connectivity index (χ4n) is 3.29. The van der Waals surface area contributed by atoms with Crippen molar-refractivity contribution in [1.29, 1.82) is 0 Å². The monoisotopic (exact) mass is 280 g/mol. The second-order valence-corrected chi connectivity index (χ2v) is 6.30. The highest BCUT2D eigenvalue weighted by Gasteiger charge is 2.37. The Morgan fingerprint density at radius 1 is 1.15 bits per heavy atom. The average Bonchev–Trinajstić information content (AvgIpc) is 2.85. The van der Waals surface area contributed by atoms with Gasteiger partial charge >= 0.3 is 0 Å². The van der Waals surface area contributed by atoms with Crippen LogP contribution in [0.5, 0.6) is 0 Å². The Hall–Kier alpha value is -0.940. The summed E-state index contributed by atoms with van der Waals surface area (Å²) in [6.07, 6.45) is 7.94. The Morgan fingerprint density at radius 3 is 2.80 bits per heavy atom. The molecule has 0 aromatic carbocycles. The van der Waals surface area contributed by atoms with E-state index in [0.717, 1.165) is 51.6 Å². The van der Waals surface area contributed by atoms with Gasteiger partial charge in [0, 0.05) is 6.61 Å². The van der Waals surface area contributed by atoms with Crippen molar-refractivity contribution in [3.63, 3.8) is 0 Å². The van der Waals surface area contributed by atoms with Crippen LogP contribution in [0.15, 0.2) is 4.52 Å². The van der Waals surface area contributed by atoms with E-state index in [1.165, 1.54) is 6.42 Å². The number of hydrogen-bond acceptors (Lipinski definition) is 5. The van der Waals surface area contributed by atoms with Crippen LogP contribution in [0.25, 0.3) is 0 Å². The van der Waals surface area contributed by atoms with Crippen molar-refractivity contribution >= 4 is 0 Å². The SMILES string of the molecule is CC1(c2noc(C3CCCCCC3O)n2)CCCCO1. The molecule has 0 radical (unpaired) electrons. The van der Waals surface area contributed by atoms with E-state index in [2.05, 4.69) is 10.1 Å². The molecular formula is C15H24N2O3. The first-order valence-corrected chi connectivity index (χ1v) is 7.85. The molecule has 1 N–H and O–H groups in total. The standard InChI is InChI=1S/C15H24N2O3/c1-15(9-5-6-10-19-15)14-16-13(20-17-14)11-7-3-2-4-8-12(11)18/h11-12,18H,2-10H2,1H3. The lowest BCUT2D eigenvalue weighted by Gasteiger charge is -2.30.